The molecule has 5 heteroatoms. The smallest absolute Gasteiger partial charge is 0.338 e. The maximum Gasteiger partial charge on any atom is 0.338 e. The van der Waals surface area contributed by atoms with E-state index in [2.05, 4.69) is 10.3 Å². The molecule has 0 aliphatic carbocycles. The molecule has 0 N–H and O–H groups in total. The highest BCUT2D eigenvalue weighted by atomic mass is 16.5. The van der Waals surface area contributed by atoms with Crippen molar-refractivity contribution in [1.29, 1.82) is 0 Å². The first-order valence-electron chi connectivity index (χ1n) is 8.28. The van der Waals surface area contributed by atoms with Crippen LogP contribution in [0.1, 0.15) is 25.0 Å². The zero-order chi connectivity index (χ0) is 17.9. The molecule has 0 saturated carbocycles. The molecule has 25 heavy (non-hydrogen) atoms. The zero-order valence-electron chi connectivity index (χ0n) is 14.6. The second-order valence-electron chi connectivity index (χ2n) is 6.08. The first-order chi connectivity index (χ1) is 12.1. The number of hydrogen-bond acceptors (Lipinski definition) is 4. The maximum atomic E-state index is 12.8. The van der Waals surface area contributed by atoms with Crippen molar-refractivity contribution in [2.24, 2.45) is 0 Å². The number of nitrogens with zero attached hydrogens (tertiary/aromatic N) is 3. The van der Waals surface area contributed by atoms with Gasteiger partial charge >= 0.3 is 5.97 Å². The Morgan fingerprint density at radius 1 is 1.16 bits per heavy atom. The van der Waals surface area contributed by atoms with Gasteiger partial charge in [-0.15, -0.1) is 5.10 Å². The van der Waals surface area contributed by atoms with Crippen LogP contribution in [0.25, 0.3) is 11.3 Å². The molecule has 1 heterocycles. The van der Waals surface area contributed by atoms with E-state index in [0.717, 1.165) is 16.7 Å². The molecule has 0 amide bonds. The van der Waals surface area contributed by atoms with E-state index in [9.17, 15) is 4.79 Å². The van der Waals surface area contributed by atoms with Crippen molar-refractivity contribution in [1.82, 2.24) is 15.0 Å². The number of carbonyl (C=O) groups excluding carboxylic acids is 1. The lowest BCUT2D eigenvalue weighted by Gasteiger charge is -2.27. The lowest BCUT2D eigenvalue weighted by molar-refractivity contribution is -0.151. The molecule has 1 unspecified atom stereocenters. The lowest BCUT2D eigenvalue weighted by Crippen LogP contribution is -2.42. The summed E-state index contributed by atoms with van der Waals surface area (Å²) in [5, 5.41) is 8.49. The topological polar surface area (TPSA) is 57.0 Å². The minimum atomic E-state index is -1.08. The standard InChI is InChI=1S/C20H21N3O2/c1-4-25-19(24)20(3,17-12-8-9-15(2)13-17)23-14-18(21-22-23)16-10-6-5-7-11-16/h5-14H,4H2,1-3H3. The van der Waals surface area contributed by atoms with Crippen LogP contribution >= 0.6 is 0 Å². The van der Waals surface area contributed by atoms with Gasteiger partial charge in [-0.1, -0.05) is 65.4 Å². The van der Waals surface area contributed by atoms with Crippen molar-refractivity contribution in [3.63, 3.8) is 0 Å². The van der Waals surface area contributed by atoms with Crippen molar-refractivity contribution in [3.8, 4) is 11.3 Å². The molecule has 0 aliphatic rings. The van der Waals surface area contributed by atoms with Gasteiger partial charge in [-0.3, -0.25) is 0 Å². The van der Waals surface area contributed by atoms with E-state index in [-0.39, 0.29) is 5.97 Å². The Bertz CT molecular complexity index is 873. The van der Waals surface area contributed by atoms with Gasteiger partial charge in [0, 0.05) is 5.56 Å². The third-order valence-electron chi connectivity index (χ3n) is 4.27. The summed E-state index contributed by atoms with van der Waals surface area (Å²) in [5.74, 6) is -0.356. The Kier molecular flexibility index (Phi) is 4.65. The number of hydrogen-bond donors (Lipinski definition) is 0. The largest absolute Gasteiger partial charge is 0.464 e. The molecule has 3 aromatic rings. The number of esters is 1. The van der Waals surface area contributed by atoms with Crippen LogP contribution in [0.4, 0.5) is 0 Å². The van der Waals surface area contributed by atoms with Crippen LogP contribution in [-0.4, -0.2) is 27.6 Å². The van der Waals surface area contributed by atoms with E-state index in [0.29, 0.717) is 12.3 Å². The number of aromatic nitrogens is 3. The van der Waals surface area contributed by atoms with Gasteiger partial charge in [0.2, 0.25) is 0 Å². The van der Waals surface area contributed by atoms with E-state index in [4.69, 9.17) is 4.74 Å². The van der Waals surface area contributed by atoms with Crippen LogP contribution in [0.2, 0.25) is 0 Å². The van der Waals surface area contributed by atoms with E-state index >= 15 is 0 Å². The number of ether oxygens (including phenoxy) is 1. The van der Waals surface area contributed by atoms with E-state index in [1.54, 1.807) is 17.8 Å². The summed E-state index contributed by atoms with van der Waals surface area (Å²) in [6, 6.07) is 17.6. The Balaban J connectivity index is 2.10. The highest BCUT2D eigenvalue weighted by Crippen LogP contribution is 2.29. The highest BCUT2D eigenvalue weighted by Gasteiger charge is 2.40. The molecule has 3 rings (SSSR count). The average molecular weight is 335 g/mol. The molecule has 0 radical (unpaired) electrons. The van der Waals surface area contributed by atoms with Gasteiger partial charge in [0.1, 0.15) is 5.69 Å². The second-order valence-corrected chi connectivity index (χ2v) is 6.08. The van der Waals surface area contributed by atoms with Crippen molar-refractivity contribution in [2.45, 2.75) is 26.3 Å². The molecular weight excluding hydrogens is 314 g/mol. The Morgan fingerprint density at radius 3 is 2.60 bits per heavy atom. The van der Waals surface area contributed by atoms with Gasteiger partial charge in [-0.05, 0) is 26.3 Å². The number of carbonyl (C=O) groups is 1. The van der Waals surface area contributed by atoms with Gasteiger partial charge in [0.05, 0.1) is 12.8 Å². The highest BCUT2D eigenvalue weighted by molar-refractivity contribution is 5.82. The molecule has 1 atom stereocenters. The molecular formula is C20H21N3O2. The fourth-order valence-electron chi connectivity index (χ4n) is 2.79. The fourth-order valence-corrected chi connectivity index (χ4v) is 2.79. The third-order valence-corrected chi connectivity index (χ3v) is 4.27. The van der Waals surface area contributed by atoms with Gasteiger partial charge in [-0.25, -0.2) is 9.48 Å². The summed E-state index contributed by atoms with van der Waals surface area (Å²) in [5.41, 5.74) is 2.46. The van der Waals surface area contributed by atoms with Gasteiger partial charge in [-0.2, -0.15) is 0 Å². The first-order valence-corrected chi connectivity index (χ1v) is 8.28. The number of aryl methyl sites for hydroxylation is 1. The minimum Gasteiger partial charge on any atom is -0.464 e. The predicted octanol–water partition coefficient (Wildman–Crippen LogP) is 3.58. The zero-order valence-corrected chi connectivity index (χ0v) is 14.6. The van der Waals surface area contributed by atoms with Crippen LogP contribution in [0, 0.1) is 6.92 Å². The Labute approximate surface area is 147 Å². The molecule has 0 spiro atoms. The molecule has 0 saturated heterocycles. The van der Waals surface area contributed by atoms with Crippen molar-refractivity contribution < 1.29 is 9.53 Å². The molecule has 0 aliphatic heterocycles. The molecule has 5 nitrogen and oxygen atoms in total. The quantitative estimate of drug-likeness (QED) is 0.669. The summed E-state index contributed by atoms with van der Waals surface area (Å²) in [4.78, 5) is 12.8. The van der Waals surface area contributed by atoms with Crippen LogP contribution in [0.15, 0.2) is 60.8 Å². The Morgan fingerprint density at radius 2 is 1.92 bits per heavy atom. The number of benzene rings is 2. The summed E-state index contributed by atoms with van der Waals surface area (Å²) in [6.45, 7) is 5.90. The van der Waals surface area contributed by atoms with Crippen LogP contribution in [0.5, 0.6) is 0 Å². The molecule has 128 valence electrons. The molecule has 0 fully saturated rings. The van der Waals surface area contributed by atoms with Gasteiger partial charge in [0.15, 0.2) is 5.54 Å². The third kappa shape index (κ3) is 3.18. The van der Waals surface area contributed by atoms with E-state index < -0.39 is 5.54 Å². The molecule has 2 aromatic carbocycles. The Hall–Kier alpha value is -2.95. The first kappa shape index (κ1) is 16.9. The van der Waals surface area contributed by atoms with E-state index in [1.807, 2.05) is 68.4 Å². The predicted molar refractivity (Wildman–Crippen MR) is 96.0 cm³/mol. The lowest BCUT2D eigenvalue weighted by atomic mass is 9.91. The summed E-state index contributed by atoms with van der Waals surface area (Å²) < 4.78 is 6.93. The van der Waals surface area contributed by atoms with Crippen LogP contribution in [0.3, 0.4) is 0 Å². The molecule has 0 bridgehead atoms. The maximum absolute atomic E-state index is 12.8. The second kappa shape index (κ2) is 6.89. The monoisotopic (exact) mass is 335 g/mol. The van der Waals surface area contributed by atoms with Crippen LogP contribution < -0.4 is 0 Å². The summed E-state index contributed by atoms with van der Waals surface area (Å²) >= 11 is 0. The van der Waals surface area contributed by atoms with Crippen LogP contribution in [-0.2, 0) is 15.1 Å². The van der Waals surface area contributed by atoms with Crippen molar-refractivity contribution in [2.75, 3.05) is 6.61 Å². The van der Waals surface area contributed by atoms with Gasteiger partial charge < -0.3 is 4.74 Å². The molecule has 1 aromatic heterocycles. The number of rotatable bonds is 5. The van der Waals surface area contributed by atoms with Crippen molar-refractivity contribution >= 4 is 5.97 Å². The average Bonchev–Trinajstić information content (AvgIpc) is 3.12. The minimum absolute atomic E-state index is 0.306. The summed E-state index contributed by atoms with van der Waals surface area (Å²) in [6.07, 6.45) is 1.79. The SMILES string of the molecule is CCOC(=O)C(C)(c1cccc(C)c1)n1cc(-c2ccccc2)nn1. The normalized spacial score (nSPS) is 13.2. The fraction of sp³-hybridized carbons (Fsp3) is 0.250. The summed E-state index contributed by atoms with van der Waals surface area (Å²) in [7, 11) is 0. The van der Waals surface area contributed by atoms with Gasteiger partial charge in [0.25, 0.3) is 0 Å². The van der Waals surface area contributed by atoms with Crippen molar-refractivity contribution in [3.05, 3.63) is 71.9 Å². The van der Waals surface area contributed by atoms with E-state index in [1.165, 1.54) is 0 Å².